The number of phenolic OH excluding ortho intramolecular Hbond substituents is 1. The highest BCUT2D eigenvalue weighted by molar-refractivity contribution is 5.98. The van der Waals surface area contributed by atoms with Crippen LogP contribution >= 0.6 is 0 Å². The molecule has 0 bridgehead atoms. The number of carbonyl (C=O) groups is 1. The van der Waals surface area contributed by atoms with Gasteiger partial charge in [0.05, 0.1) is 5.56 Å². The number of hydrogen-bond acceptors (Lipinski definition) is 2. The summed E-state index contributed by atoms with van der Waals surface area (Å²) < 4.78 is 14.9. The zero-order chi connectivity index (χ0) is 20.8. The van der Waals surface area contributed by atoms with Gasteiger partial charge in [0.15, 0.2) is 17.3 Å². The summed E-state index contributed by atoms with van der Waals surface area (Å²) in [6.07, 6.45) is 14.6. The summed E-state index contributed by atoms with van der Waals surface area (Å²) in [6.45, 7) is 4.31. The minimum atomic E-state index is -0.559. The van der Waals surface area contributed by atoms with Gasteiger partial charge in [0.1, 0.15) is 0 Å². The molecular formula is C26H39FO2. The van der Waals surface area contributed by atoms with Crippen LogP contribution in [0.25, 0.3) is 0 Å². The number of aromatic hydroxyl groups is 1. The van der Waals surface area contributed by atoms with Crippen LogP contribution in [0.4, 0.5) is 4.39 Å². The minimum Gasteiger partial charge on any atom is -0.504 e. The number of hydrogen-bond donors (Lipinski definition) is 1. The topological polar surface area (TPSA) is 37.3 Å². The van der Waals surface area contributed by atoms with Gasteiger partial charge >= 0.3 is 0 Å². The molecule has 2 aliphatic carbocycles. The SMILES string of the molecule is CCCCC(=O)c1ccc(C2CCC(C3CCC(CCC)CC3)CC2)c(F)c1O. The first-order valence-corrected chi connectivity index (χ1v) is 12.1. The average Bonchev–Trinajstić information content (AvgIpc) is 2.75. The van der Waals surface area contributed by atoms with Crippen LogP contribution in [0.1, 0.15) is 119 Å². The molecule has 0 aliphatic heterocycles. The fraction of sp³-hybridized carbons (Fsp3) is 0.731. The number of unbranched alkanes of at least 4 members (excludes halogenated alkanes) is 1. The normalized spacial score (nSPS) is 27.7. The third-order valence-electron chi connectivity index (χ3n) is 7.67. The van der Waals surface area contributed by atoms with Gasteiger partial charge in [0.2, 0.25) is 0 Å². The first kappa shape index (κ1) is 22.3. The molecule has 0 aromatic heterocycles. The number of ketones is 1. The van der Waals surface area contributed by atoms with Gasteiger partial charge in [-0.05, 0) is 80.2 Å². The lowest BCUT2D eigenvalue weighted by atomic mass is 9.68. The molecule has 29 heavy (non-hydrogen) atoms. The van der Waals surface area contributed by atoms with E-state index in [2.05, 4.69) is 6.92 Å². The summed E-state index contributed by atoms with van der Waals surface area (Å²) >= 11 is 0. The molecule has 0 heterocycles. The van der Waals surface area contributed by atoms with Crippen LogP contribution in [-0.2, 0) is 0 Å². The lowest BCUT2D eigenvalue weighted by Crippen LogP contribution is -2.25. The molecule has 0 spiro atoms. The molecule has 0 atom stereocenters. The molecule has 2 nitrogen and oxygen atoms in total. The highest BCUT2D eigenvalue weighted by atomic mass is 19.1. The third-order valence-corrected chi connectivity index (χ3v) is 7.67. The van der Waals surface area contributed by atoms with Gasteiger partial charge in [0.25, 0.3) is 0 Å². The first-order valence-electron chi connectivity index (χ1n) is 12.1. The number of Topliss-reactive ketones (excluding diaryl/α,β-unsaturated/α-hetero) is 1. The smallest absolute Gasteiger partial charge is 0.169 e. The van der Waals surface area contributed by atoms with E-state index < -0.39 is 11.6 Å². The molecule has 1 aromatic rings. The van der Waals surface area contributed by atoms with E-state index in [-0.39, 0.29) is 17.3 Å². The molecule has 0 amide bonds. The number of carbonyl (C=O) groups excluding carboxylic acids is 1. The fourth-order valence-corrected chi connectivity index (χ4v) is 5.85. The standard InChI is InChI=1S/C26H39FO2/c1-3-5-7-24(28)23-17-16-22(25(27)26(23)29)21-14-12-20(13-15-21)19-10-8-18(6-4-2)9-11-19/h16-21,29H,3-15H2,1-2H3. The van der Waals surface area contributed by atoms with Crippen LogP contribution in [-0.4, -0.2) is 10.9 Å². The molecule has 3 rings (SSSR count). The van der Waals surface area contributed by atoms with Crippen molar-refractivity contribution in [2.45, 2.75) is 103 Å². The average molecular weight is 403 g/mol. The molecule has 0 saturated heterocycles. The number of phenols is 1. The van der Waals surface area contributed by atoms with Crippen molar-refractivity contribution in [2.75, 3.05) is 0 Å². The van der Waals surface area contributed by atoms with Crippen molar-refractivity contribution in [2.24, 2.45) is 17.8 Å². The maximum Gasteiger partial charge on any atom is 0.169 e. The number of rotatable bonds is 8. The Hall–Kier alpha value is -1.38. The van der Waals surface area contributed by atoms with E-state index in [0.29, 0.717) is 12.0 Å². The summed E-state index contributed by atoms with van der Waals surface area (Å²) in [5.74, 6) is 1.63. The van der Waals surface area contributed by atoms with Gasteiger partial charge < -0.3 is 5.11 Å². The maximum absolute atomic E-state index is 14.9. The van der Waals surface area contributed by atoms with Gasteiger partial charge in [-0.2, -0.15) is 0 Å². The molecule has 2 aliphatic rings. The Labute approximate surface area is 176 Å². The third kappa shape index (κ3) is 5.41. The highest BCUT2D eigenvalue weighted by Gasteiger charge is 2.32. The molecule has 0 unspecified atom stereocenters. The Morgan fingerprint density at radius 2 is 1.59 bits per heavy atom. The van der Waals surface area contributed by atoms with Crippen molar-refractivity contribution in [3.05, 3.63) is 29.1 Å². The number of halogens is 1. The Balaban J connectivity index is 1.57. The molecule has 2 fully saturated rings. The van der Waals surface area contributed by atoms with Crippen LogP contribution in [0.3, 0.4) is 0 Å². The second-order valence-electron chi connectivity index (χ2n) is 9.57. The first-order chi connectivity index (χ1) is 14.0. The predicted molar refractivity (Wildman–Crippen MR) is 117 cm³/mol. The molecule has 2 saturated carbocycles. The Morgan fingerprint density at radius 3 is 2.17 bits per heavy atom. The summed E-state index contributed by atoms with van der Waals surface area (Å²) in [4.78, 5) is 12.2. The Morgan fingerprint density at radius 1 is 0.966 bits per heavy atom. The van der Waals surface area contributed by atoms with Crippen LogP contribution in [0.2, 0.25) is 0 Å². The van der Waals surface area contributed by atoms with Gasteiger partial charge in [-0.15, -0.1) is 0 Å². The summed E-state index contributed by atoms with van der Waals surface area (Å²) in [7, 11) is 0. The van der Waals surface area contributed by atoms with Crippen LogP contribution < -0.4 is 0 Å². The van der Waals surface area contributed by atoms with E-state index in [9.17, 15) is 14.3 Å². The Bertz CT molecular complexity index is 668. The molecule has 1 aromatic carbocycles. The summed E-state index contributed by atoms with van der Waals surface area (Å²) in [6, 6.07) is 3.40. The monoisotopic (exact) mass is 402 g/mol. The van der Waals surface area contributed by atoms with Crippen molar-refractivity contribution < 1.29 is 14.3 Å². The molecule has 1 N–H and O–H groups in total. The van der Waals surface area contributed by atoms with E-state index in [1.807, 2.05) is 6.92 Å². The van der Waals surface area contributed by atoms with E-state index in [0.717, 1.165) is 43.4 Å². The van der Waals surface area contributed by atoms with E-state index >= 15 is 0 Å². The summed E-state index contributed by atoms with van der Waals surface area (Å²) in [5, 5.41) is 10.3. The van der Waals surface area contributed by atoms with Crippen LogP contribution in [0.15, 0.2) is 12.1 Å². The predicted octanol–water partition coefficient (Wildman–Crippen LogP) is 7.78. The van der Waals surface area contributed by atoms with Crippen LogP contribution in [0.5, 0.6) is 5.75 Å². The Kier molecular flexibility index (Phi) is 8.15. The number of benzene rings is 1. The van der Waals surface area contributed by atoms with Gasteiger partial charge in [-0.3, -0.25) is 4.79 Å². The molecular weight excluding hydrogens is 363 g/mol. The molecule has 0 radical (unpaired) electrons. The zero-order valence-electron chi connectivity index (χ0n) is 18.4. The fourth-order valence-electron chi connectivity index (χ4n) is 5.85. The second-order valence-corrected chi connectivity index (χ2v) is 9.57. The van der Waals surface area contributed by atoms with E-state index in [4.69, 9.17) is 0 Å². The summed E-state index contributed by atoms with van der Waals surface area (Å²) in [5.41, 5.74) is 0.761. The molecule has 162 valence electrons. The lowest BCUT2D eigenvalue weighted by molar-refractivity contribution is 0.0976. The van der Waals surface area contributed by atoms with E-state index in [1.54, 1.807) is 12.1 Å². The van der Waals surface area contributed by atoms with Gasteiger partial charge in [-0.25, -0.2) is 4.39 Å². The van der Waals surface area contributed by atoms with Crippen molar-refractivity contribution >= 4 is 5.78 Å². The van der Waals surface area contributed by atoms with Gasteiger partial charge in [0, 0.05) is 6.42 Å². The van der Waals surface area contributed by atoms with Crippen LogP contribution in [0, 0.1) is 23.6 Å². The largest absolute Gasteiger partial charge is 0.504 e. The lowest BCUT2D eigenvalue weighted by Gasteiger charge is -2.38. The van der Waals surface area contributed by atoms with Crippen molar-refractivity contribution in [1.82, 2.24) is 0 Å². The van der Waals surface area contributed by atoms with Crippen molar-refractivity contribution in [3.63, 3.8) is 0 Å². The second kappa shape index (κ2) is 10.6. The van der Waals surface area contributed by atoms with Crippen molar-refractivity contribution in [3.8, 4) is 5.75 Å². The minimum absolute atomic E-state index is 0.150. The zero-order valence-corrected chi connectivity index (χ0v) is 18.4. The van der Waals surface area contributed by atoms with Gasteiger partial charge in [-0.1, -0.05) is 52.0 Å². The maximum atomic E-state index is 14.9. The van der Waals surface area contributed by atoms with Crippen molar-refractivity contribution in [1.29, 1.82) is 0 Å². The van der Waals surface area contributed by atoms with E-state index in [1.165, 1.54) is 51.4 Å². The quantitative estimate of drug-likeness (QED) is 0.451. The molecule has 3 heteroatoms. The highest BCUT2D eigenvalue weighted by Crippen LogP contribution is 2.45.